The number of allylic oxidation sites excluding steroid dienone is 2. The molecule has 4 fully saturated rings. The molecule has 0 amide bonds. The van der Waals surface area contributed by atoms with E-state index in [-0.39, 0.29) is 34.8 Å². The van der Waals surface area contributed by atoms with Crippen molar-refractivity contribution in [3.63, 3.8) is 0 Å². The van der Waals surface area contributed by atoms with E-state index in [2.05, 4.69) is 13.0 Å². The van der Waals surface area contributed by atoms with Gasteiger partial charge in [0.2, 0.25) is 0 Å². The van der Waals surface area contributed by atoms with Gasteiger partial charge < -0.3 is 9.47 Å². The second kappa shape index (κ2) is 4.69. The molecule has 2 aliphatic heterocycles. The van der Waals surface area contributed by atoms with E-state index in [1.54, 1.807) is 6.08 Å². The number of ether oxygens (including phenoxy) is 2. The summed E-state index contributed by atoms with van der Waals surface area (Å²) in [4.78, 5) is 24.6. The first-order valence-corrected chi connectivity index (χ1v) is 8.90. The fraction of sp³-hybridized carbons (Fsp3) is 0.789. The van der Waals surface area contributed by atoms with Gasteiger partial charge in [0.25, 0.3) is 0 Å². The summed E-state index contributed by atoms with van der Waals surface area (Å²) in [7, 11) is 0. The minimum atomic E-state index is -0.511. The van der Waals surface area contributed by atoms with Crippen molar-refractivity contribution in [2.75, 3.05) is 6.61 Å². The van der Waals surface area contributed by atoms with Gasteiger partial charge in [0.15, 0.2) is 5.78 Å². The van der Waals surface area contributed by atoms with E-state index < -0.39 is 5.41 Å². The summed E-state index contributed by atoms with van der Waals surface area (Å²) < 4.78 is 11.5. The van der Waals surface area contributed by atoms with E-state index in [0.717, 1.165) is 19.3 Å². The quantitative estimate of drug-likeness (QED) is 0.748. The highest BCUT2D eigenvalue weighted by Gasteiger charge is 2.71. The molecule has 4 heteroatoms. The van der Waals surface area contributed by atoms with Crippen LogP contribution in [0.25, 0.3) is 0 Å². The first kappa shape index (κ1) is 15.4. The summed E-state index contributed by atoms with van der Waals surface area (Å²) >= 11 is 0. The molecular weight excluding hydrogens is 292 g/mol. The molecule has 0 radical (unpaired) electrons. The number of ketones is 1. The Bertz CT molecular complexity index is 596. The predicted octanol–water partition coefficient (Wildman–Crippen LogP) is 3.05. The second-order valence-electron chi connectivity index (χ2n) is 8.41. The van der Waals surface area contributed by atoms with Gasteiger partial charge in [-0.3, -0.25) is 9.59 Å². The maximum absolute atomic E-state index is 12.8. The van der Waals surface area contributed by atoms with Gasteiger partial charge >= 0.3 is 5.97 Å². The molecule has 5 rings (SSSR count). The number of hydrogen-bond acceptors (Lipinski definition) is 4. The molecule has 2 saturated heterocycles. The Morgan fingerprint density at radius 3 is 2.91 bits per heavy atom. The van der Waals surface area contributed by atoms with Crippen LogP contribution in [-0.2, 0) is 19.1 Å². The molecule has 0 aromatic rings. The summed E-state index contributed by atoms with van der Waals surface area (Å²) in [5.74, 6) is 0.772. The molecule has 0 aromatic carbocycles. The highest BCUT2D eigenvalue weighted by atomic mass is 16.5. The third-order valence-corrected chi connectivity index (χ3v) is 7.07. The topological polar surface area (TPSA) is 52.6 Å². The SMILES string of the molecule is CCOC(=O)CC[C@]1(C)C(=O)C=C[C@]23C[C@H]4C[C@H](O[C@@]4(C)C2)[C@H]31. The highest BCUT2D eigenvalue weighted by Crippen LogP contribution is 2.71. The van der Waals surface area contributed by atoms with Gasteiger partial charge in [-0.25, -0.2) is 0 Å². The molecule has 3 aliphatic carbocycles. The monoisotopic (exact) mass is 318 g/mol. The van der Waals surface area contributed by atoms with Crippen molar-refractivity contribution in [2.24, 2.45) is 22.7 Å². The van der Waals surface area contributed by atoms with E-state index in [1.807, 2.05) is 13.8 Å². The van der Waals surface area contributed by atoms with Crippen LogP contribution in [-0.4, -0.2) is 30.1 Å². The molecule has 0 unspecified atom stereocenters. The fourth-order valence-electron chi connectivity index (χ4n) is 6.24. The number of rotatable bonds is 4. The van der Waals surface area contributed by atoms with Gasteiger partial charge in [0.1, 0.15) is 0 Å². The van der Waals surface area contributed by atoms with Crippen LogP contribution in [0, 0.1) is 22.7 Å². The van der Waals surface area contributed by atoms with E-state index >= 15 is 0 Å². The number of carbonyl (C=O) groups is 2. The average molecular weight is 318 g/mol. The zero-order chi connectivity index (χ0) is 16.5. The van der Waals surface area contributed by atoms with Gasteiger partial charge in [0, 0.05) is 17.8 Å². The Kier molecular flexibility index (Phi) is 3.13. The summed E-state index contributed by atoms with van der Waals surface area (Å²) in [5, 5.41) is 0. The van der Waals surface area contributed by atoms with Gasteiger partial charge in [-0.15, -0.1) is 0 Å². The standard InChI is InChI=1S/C19H26O4/c1-4-22-15(21)6-7-17(2)14(20)5-8-19-10-12-9-13(16(17)19)23-18(12,3)11-19/h5,8,12-13,16H,4,6-7,9-11H2,1-3H3/t12-,13+,16+,17-,18+,19+/m1/s1. The minimum Gasteiger partial charge on any atom is -0.466 e. The van der Waals surface area contributed by atoms with E-state index in [0.29, 0.717) is 25.4 Å². The smallest absolute Gasteiger partial charge is 0.305 e. The van der Waals surface area contributed by atoms with Crippen LogP contribution < -0.4 is 0 Å². The molecule has 126 valence electrons. The van der Waals surface area contributed by atoms with Crippen molar-refractivity contribution in [3.8, 4) is 0 Å². The predicted molar refractivity (Wildman–Crippen MR) is 84.7 cm³/mol. The minimum absolute atomic E-state index is 0.00601. The summed E-state index contributed by atoms with van der Waals surface area (Å²) in [6.45, 7) is 6.49. The Morgan fingerprint density at radius 2 is 2.22 bits per heavy atom. The van der Waals surface area contributed by atoms with Crippen LogP contribution in [0.4, 0.5) is 0 Å². The molecule has 4 nitrogen and oxygen atoms in total. The van der Waals surface area contributed by atoms with Crippen LogP contribution in [0.5, 0.6) is 0 Å². The molecule has 1 spiro atoms. The zero-order valence-electron chi connectivity index (χ0n) is 14.3. The molecule has 23 heavy (non-hydrogen) atoms. The second-order valence-corrected chi connectivity index (χ2v) is 8.41. The number of esters is 1. The molecule has 2 saturated carbocycles. The zero-order valence-corrected chi connectivity index (χ0v) is 14.3. The van der Waals surface area contributed by atoms with Crippen LogP contribution in [0.2, 0.25) is 0 Å². The van der Waals surface area contributed by atoms with Gasteiger partial charge in [-0.2, -0.15) is 0 Å². The summed E-state index contributed by atoms with van der Waals surface area (Å²) in [5.41, 5.74) is -0.422. The maximum atomic E-state index is 12.8. The fourth-order valence-corrected chi connectivity index (χ4v) is 6.24. The lowest BCUT2D eigenvalue weighted by atomic mass is 9.51. The lowest BCUT2D eigenvalue weighted by Gasteiger charge is -2.55. The normalized spacial score (nSPS) is 49.5. The van der Waals surface area contributed by atoms with Gasteiger partial charge in [-0.1, -0.05) is 13.0 Å². The Labute approximate surface area is 137 Å². The van der Waals surface area contributed by atoms with Crippen LogP contribution in [0.1, 0.15) is 52.9 Å². The van der Waals surface area contributed by atoms with Crippen LogP contribution in [0.3, 0.4) is 0 Å². The Hall–Kier alpha value is -1.16. The van der Waals surface area contributed by atoms with Crippen molar-refractivity contribution >= 4 is 11.8 Å². The largest absolute Gasteiger partial charge is 0.466 e. The number of hydrogen-bond donors (Lipinski definition) is 0. The molecule has 0 aromatic heterocycles. The lowest BCUT2D eigenvalue weighted by molar-refractivity contribution is -0.170. The Morgan fingerprint density at radius 1 is 1.43 bits per heavy atom. The third-order valence-electron chi connectivity index (χ3n) is 7.07. The number of carbonyl (C=O) groups excluding carboxylic acids is 2. The molecule has 0 N–H and O–H groups in total. The van der Waals surface area contributed by atoms with Gasteiger partial charge in [0.05, 0.1) is 18.3 Å². The molecule has 4 bridgehead atoms. The Balaban J connectivity index is 1.64. The third kappa shape index (κ3) is 1.93. The van der Waals surface area contributed by atoms with E-state index in [4.69, 9.17) is 9.47 Å². The average Bonchev–Trinajstić information content (AvgIpc) is 2.84. The first-order chi connectivity index (χ1) is 10.8. The van der Waals surface area contributed by atoms with E-state index in [1.165, 1.54) is 0 Å². The maximum Gasteiger partial charge on any atom is 0.305 e. The van der Waals surface area contributed by atoms with Crippen molar-refractivity contribution < 1.29 is 19.1 Å². The van der Waals surface area contributed by atoms with Gasteiger partial charge in [-0.05, 0) is 56.9 Å². The summed E-state index contributed by atoms with van der Waals surface area (Å²) in [6, 6.07) is 0. The van der Waals surface area contributed by atoms with Crippen LogP contribution in [0.15, 0.2) is 12.2 Å². The molecule has 2 heterocycles. The first-order valence-electron chi connectivity index (χ1n) is 8.90. The summed E-state index contributed by atoms with van der Waals surface area (Å²) in [6.07, 6.45) is 8.21. The highest BCUT2D eigenvalue weighted by molar-refractivity contribution is 5.96. The van der Waals surface area contributed by atoms with E-state index in [9.17, 15) is 9.59 Å². The van der Waals surface area contributed by atoms with Crippen molar-refractivity contribution in [2.45, 2.75) is 64.6 Å². The van der Waals surface area contributed by atoms with Crippen molar-refractivity contribution in [1.29, 1.82) is 0 Å². The molecule has 6 atom stereocenters. The molecule has 5 aliphatic rings. The van der Waals surface area contributed by atoms with Crippen molar-refractivity contribution in [3.05, 3.63) is 12.2 Å². The van der Waals surface area contributed by atoms with Crippen molar-refractivity contribution in [1.82, 2.24) is 0 Å². The molecular formula is C19H26O4. The lowest BCUT2D eigenvalue weighted by Crippen LogP contribution is -2.56. The van der Waals surface area contributed by atoms with Crippen LogP contribution >= 0.6 is 0 Å².